The molecule has 0 amide bonds. The maximum atomic E-state index is 2.47. The van der Waals surface area contributed by atoms with E-state index in [-0.39, 0.29) is 0 Å². The highest BCUT2D eigenvalue weighted by molar-refractivity contribution is 7.26. The van der Waals surface area contributed by atoms with Crippen LogP contribution in [0, 0.1) is 0 Å². The SMILES string of the molecule is c1ccc(-n2c3ccccc3c3cc(-c4ccc5sc6c(ccc7c6c6ccccc6n7-c6ccc7c(c6)c6ccccc6n7-c6ccccc6)c5c4)ccc32)cc1. The molecule has 4 heterocycles. The summed E-state index contributed by atoms with van der Waals surface area (Å²) in [6.07, 6.45) is 0. The van der Waals surface area contributed by atoms with Crippen LogP contribution in [-0.4, -0.2) is 13.7 Å². The van der Waals surface area contributed by atoms with E-state index in [9.17, 15) is 0 Å². The van der Waals surface area contributed by atoms with Gasteiger partial charge in [0.2, 0.25) is 0 Å². The third-order valence-electron chi connectivity index (χ3n) is 12.2. The van der Waals surface area contributed by atoms with E-state index in [1.54, 1.807) is 0 Å². The second kappa shape index (κ2) is 12.1. The van der Waals surface area contributed by atoms with Crippen molar-refractivity contribution in [2.24, 2.45) is 0 Å². The van der Waals surface area contributed by atoms with E-state index in [1.807, 2.05) is 11.3 Å². The van der Waals surface area contributed by atoms with Crippen molar-refractivity contribution >= 4 is 96.9 Å². The molecule has 0 spiro atoms. The lowest BCUT2D eigenvalue weighted by Gasteiger charge is -2.10. The molecule has 4 heteroatoms. The van der Waals surface area contributed by atoms with E-state index in [0.29, 0.717) is 0 Å². The van der Waals surface area contributed by atoms with Crippen LogP contribution in [0.5, 0.6) is 0 Å². The molecule has 0 aliphatic carbocycles. The Morgan fingerprint density at radius 2 is 0.741 bits per heavy atom. The molecular formula is C54H33N3S. The number of thiophene rings is 1. The highest BCUT2D eigenvalue weighted by Gasteiger charge is 2.20. The number of benzene rings is 9. The summed E-state index contributed by atoms with van der Waals surface area (Å²) in [6.45, 7) is 0. The van der Waals surface area contributed by atoms with Gasteiger partial charge in [0.25, 0.3) is 0 Å². The van der Waals surface area contributed by atoms with Crippen molar-refractivity contribution in [2.45, 2.75) is 0 Å². The first-order chi connectivity index (χ1) is 28.8. The molecule has 0 aliphatic rings. The second-order valence-corrected chi connectivity index (χ2v) is 16.4. The molecule has 0 N–H and O–H groups in total. The number of rotatable bonds is 4. The van der Waals surface area contributed by atoms with E-state index in [2.05, 4.69) is 214 Å². The van der Waals surface area contributed by atoms with E-state index in [4.69, 9.17) is 0 Å². The average molecular weight is 756 g/mol. The van der Waals surface area contributed by atoms with Crippen molar-refractivity contribution in [2.75, 3.05) is 0 Å². The zero-order valence-corrected chi connectivity index (χ0v) is 32.1. The van der Waals surface area contributed by atoms with Gasteiger partial charge in [0, 0.05) is 69.6 Å². The van der Waals surface area contributed by atoms with Gasteiger partial charge in [0.1, 0.15) is 0 Å². The minimum absolute atomic E-state index is 1.17. The second-order valence-electron chi connectivity index (χ2n) is 15.3. The first kappa shape index (κ1) is 31.8. The van der Waals surface area contributed by atoms with Gasteiger partial charge in [-0.2, -0.15) is 0 Å². The summed E-state index contributed by atoms with van der Waals surface area (Å²) >= 11 is 1.91. The van der Waals surface area contributed by atoms with E-state index < -0.39 is 0 Å². The molecule has 0 unspecified atom stereocenters. The molecule has 4 aromatic heterocycles. The van der Waals surface area contributed by atoms with Crippen molar-refractivity contribution < 1.29 is 0 Å². The van der Waals surface area contributed by atoms with Crippen LogP contribution < -0.4 is 0 Å². The Balaban J connectivity index is 0.992. The van der Waals surface area contributed by atoms with Crippen LogP contribution in [0.3, 0.4) is 0 Å². The first-order valence-electron chi connectivity index (χ1n) is 19.8. The lowest BCUT2D eigenvalue weighted by Crippen LogP contribution is -1.95. The smallest absolute Gasteiger partial charge is 0.0555 e. The highest BCUT2D eigenvalue weighted by Crippen LogP contribution is 2.45. The van der Waals surface area contributed by atoms with Gasteiger partial charge in [-0.3, -0.25) is 0 Å². The zero-order chi connectivity index (χ0) is 37.9. The summed E-state index contributed by atoms with van der Waals surface area (Å²) in [4.78, 5) is 0. The quantitative estimate of drug-likeness (QED) is 0.170. The minimum atomic E-state index is 1.17. The summed E-state index contributed by atoms with van der Waals surface area (Å²) in [5.74, 6) is 0. The van der Waals surface area contributed by atoms with Crippen LogP contribution >= 0.6 is 11.3 Å². The number of fused-ring (bicyclic) bond motifs is 13. The molecule has 9 aromatic carbocycles. The molecule has 0 aliphatic heterocycles. The van der Waals surface area contributed by atoms with Crippen molar-refractivity contribution in [3.8, 4) is 28.2 Å². The average Bonchev–Trinajstić information content (AvgIpc) is 4.02. The molecule has 13 aromatic rings. The van der Waals surface area contributed by atoms with Gasteiger partial charge in [-0.15, -0.1) is 11.3 Å². The lowest BCUT2D eigenvalue weighted by molar-refractivity contribution is 1.17. The van der Waals surface area contributed by atoms with Crippen LogP contribution in [0.2, 0.25) is 0 Å². The number of hydrogen-bond donors (Lipinski definition) is 0. The van der Waals surface area contributed by atoms with Crippen molar-refractivity contribution in [1.29, 1.82) is 0 Å². The van der Waals surface area contributed by atoms with Crippen LogP contribution in [0.15, 0.2) is 200 Å². The van der Waals surface area contributed by atoms with Crippen molar-refractivity contribution in [3.63, 3.8) is 0 Å². The minimum Gasteiger partial charge on any atom is -0.309 e. The molecule has 0 saturated heterocycles. The van der Waals surface area contributed by atoms with Gasteiger partial charge in [-0.25, -0.2) is 0 Å². The molecule has 0 radical (unpaired) electrons. The lowest BCUT2D eigenvalue weighted by atomic mass is 10.00. The molecular weight excluding hydrogens is 723 g/mol. The predicted molar refractivity (Wildman–Crippen MR) is 248 cm³/mol. The molecule has 0 atom stereocenters. The third kappa shape index (κ3) is 4.43. The third-order valence-corrected chi connectivity index (χ3v) is 13.4. The molecule has 0 saturated carbocycles. The predicted octanol–water partition coefficient (Wildman–Crippen LogP) is 15.0. The van der Waals surface area contributed by atoms with Crippen LogP contribution in [0.1, 0.15) is 0 Å². The summed E-state index contributed by atoms with van der Waals surface area (Å²) < 4.78 is 9.88. The molecule has 3 nitrogen and oxygen atoms in total. The van der Waals surface area contributed by atoms with Gasteiger partial charge < -0.3 is 13.7 Å². The van der Waals surface area contributed by atoms with Gasteiger partial charge in [0.15, 0.2) is 0 Å². The molecule has 0 fully saturated rings. The number of aromatic nitrogens is 3. The number of para-hydroxylation sites is 5. The van der Waals surface area contributed by atoms with Crippen LogP contribution in [0.4, 0.5) is 0 Å². The van der Waals surface area contributed by atoms with Gasteiger partial charge in [0.05, 0.1) is 33.1 Å². The van der Waals surface area contributed by atoms with Crippen molar-refractivity contribution in [1.82, 2.24) is 13.7 Å². The Hall–Kier alpha value is -7.40. The Morgan fingerprint density at radius 1 is 0.276 bits per heavy atom. The Bertz CT molecular complexity index is 3790. The van der Waals surface area contributed by atoms with Crippen LogP contribution in [0.25, 0.3) is 114 Å². The summed E-state index contributed by atoms with van der Waals surface area (Å²) in [5, 5.41) is 10.3. The first-order valence-corrected chi connectivity index (χ1v) is 20.7. The molecule has 270 valence electrons. The normalized spacial score (nSPS) is 12.1. The van der Waals surface area contributed by atoms with E-state index in [1.165, 1.54) is 114 Å². The zero-order valence-electron chi connectivity index (χ0n) is 31.3. The van der Waals surface area contributed by atoms with Gasteiger partial charge >= 0.3 is 0 Å². The van der Waals surface area contributed by atoms with Crippen LogP contribution in [-0.2, 0) is 0 Å². The Kier molecular flexibility index (Phi) is 6.60. The maximum absolute atomic E-state index is 2.47. The summed E-state index contributed by atoms with van der Waals surface area (Å²) in [7, 11) is 0. The fourth-order valence-electron chi connectivity index (χ4n) is 9.71. The fourth-order valence-corrected chi connectivity index (χ4v) is 10.9. The Labute approximate surface area is 337 Å². The topological polar surface area (TPSA) is 14.8 Å². The highest BCUT2D eigenvalue weighted by atomic mass is 32.1. The van der Waals surface area contributed by atoms with Crippen molar-refractivity contribution in [3.05, 3.63) is 200 Å². The van der Waals surface area contributed by atoms with E-state index >= 15 is 0 Å². The maximum Gasteiger partial charge on any atom is 0.0555 e. The number of hydrogen-bond acceptors (Lipinski definition) is 1. The molecule has 0 bridgehead atoms. The van der Waals surface area contributed by atoms with Gasteiger partial charge in [-0.05, 0) is 102 Å². The van der Waals surface area contributed by atoms with Gasteiger partial charge in [-0.1, -0.05) is 109 Å². The fraction of sp³-hybridized carbons (Fsp3) is 0. The largest absolute Gasteiger partial charge is 0.309 e. The monoisotopic (exact) mass is 755 g/mol. The molecule has 13 rings (SSSR count). The van der Waals surface area contributed by atoms with E-state index in [0.717, 1.165) is 0 Å². The summed E-state index contributed by atoms with van der Waals surface area (Å²) in [5.41, 5.74) is 13.3. The standard InChI is InChI=1S/C54H33N3S/c1-3-13-36(14-4-1)55-46-20-10-7-17-39(46)43-31-34(23-27-49(43)55)35-24-30-52-45(32-35)41-26-29-51-53(54(41)58-52)42-19-9-12-22-48(42)57(51)38-25-28-50-44(33-38)40-18-8-11-21-47(40)56(50)37-15-5-2-6-16-37/h1-33H. The summed E-state index contributed by atoms with van der Waals surface area (Å²) in [6, 6.07) is 73.5. The Morgan fingerprint density at radius 3 is 1.40 bits per heavy atom. The molecule has 58 heavy (non-hydrogen) atoms. The number of nitrogens with zero attached hydrogens (tertiary/aromatic N) is 3.